The number of aliphatic hydroxyl groups excluding tert-OH is 2. The molecule has 2 rings (SSSR count). The van der Waals surface area contributed by atoms with Crippen LogP contribution in [0.25, 0.3) is 0 Å². The lowest BCUT2D eigenvalue weighted by Crippen LogP contribution is -2.34. The minimum Gasteiger partial charge on any atom is -0.483 e. The molecule has 5 N–H and O–H groups in total. The highest BCUT2D eigenvalue weighted by molar-refractivity contribution is 5.99. The summed E-state index contributed by atoms with van der Waals surface area (Å²) in [6.07, 6.45) is -1.86. The molecule has 2 atom stereocenters. The van der Waals surface area contributed by atoms with Crippen LogP contribution in [0.3, 0.4) is 0 Å². The number of carbonyl (C=O) groups is 1. The molecular formula is C13H17N3O5. The van der Waals surface area contributed by atoms with Crippen molar-refractivity contribution >= 4 is 11.7 Å². The van der Waals surface area contributed by atoms with E-state index in [0.717, 1.165) is 0 Å². The third-order valence-electron chi connectivity index (χ3n) is 3.23. The van der Waals surface area contributed by atoms with Gasteiger partial charge >= 0.3 is 0 Å². The van der Waals surface area contributed by atoms with Crippen molar-refractivity contribution in [3.8, 4) is 5.75 Å². The van der Waals surface area contributed by atoms with Crippen molar-refractivity contribution in [2.45, 2.75) is 12.2 Å². The van der Waals surface area contributed by atoms with Crippen molar-refractivity contribution in [2.75, 3.05) is 19.7 Å². The quantitative estimate of drug-likeness (QED) is 0.237. The lowest BCUT2D eigenvalue weighted by molar-refractivity contribution is -0.132. The Bertz CT molecular complexity index is 538. The Morgan fingerprint density at radius 1 is 1.33 bits per heavy atom. The SMILES string of the molecule is N/C(=N/O)c1ccccc1OCC(=O)N1CC(O)C(O)C1. The van der Waals surface area contributed by atoms with Crippen LogP contribution in [-0.4, -0.2) is 64.0 Å². The summed E-state index contributed by atoms with van der Waals surface area (Å²) in [5.41, 5.74) is 5.89. The fourth-order valence-electron chi connectivity index (χ4n) is 2.06. The van der Waals surface area contributed by atoms with E-state index in [9.17, 15) is 15.0 Å². The number of oxime groups is 1. The molecule has 21 heavy (non-hydrogen) atoms. The Balaban J connectivity index is 1.99. The first-order valence-electron chi connectivity index (χ1n) is 6.36. The van der Waals surface area contributed by atoms with Crippen LogP contribution < -0.4 is 10.5 Å². The summed E-state index contributed by atoms with van der Waals surface area (Å²) < 4.78 is 5.38. The smallest absolute Gasteiger partial charge is 0.260 e. The van der Waals surface area contributed by atoms with Crippen LogP contribution >= 0.6 is 0 Å². The minimum atomic E-state index is -0.932. The third kappa shape index (κ3) is 3.41. The number of carbonyl (C=O) groups excluding carboxylic acids is 1. The van der Waals surface area contributed by atoms with Gasteiger partial charge in [0, 0.05) is 13.1 Å². The van der Waals surface area contributed by atoms with Gasteiger partial charge in [0.25, 0.3) is 5.91 Å². The first kappa shape index (κ1) is 15.1. The zero-order chi connectivity index (χ0) is 15.4. The molecule has 1 amide bonds. The van der Waals surface area contributed by atoms with Crippen molar-refractivity contribution in [2.24, 2.45) is 10.9 Å². The normalized spacial score (nSPS) is 22.4. The van der Waals surface area contributed by atoms with E-state index in [2.05, 4.69) is 5.16 Å². The highest BCUT2D eigenvalue weighted by Gasteiger charge is 2.32. The van der Waals surface area contributed by atoms with Crippen molar-refractivity contribution in [3.63, 3.8) is 0 Å². The molecule has 8 nitrogen and oxygen atoms in total. The molecule has 1 aliphatic rings. The van der Waals surface area contributed by atoms with Crippen LogP contribution in [0.4, 0.5) is 0 Å². The summed E-state index contributed by atoms with van der Waals surface area (Å²) in [6, 6.07) is 6.57. The average molecular weight is 295 g/mol. The number of benzene rings is 1. The van der Waals surface area contributed by atoms with E-state index in [1.54, 1.807) is 24.3 Å². The maximum absolute atomic E-state index is 11.9. The highest BCUT2D eigenvalue weighted by atomic mass is 16.5. The number of para-hydroxylation sites is 1. The Morgan fingerprint density at radius 2 is 1.95 bits per heavy atom. The second kappa shape index (κ2) is 6.42. The third-order valence-corrected chi connectivity index (χ3v) is 3.23. The molecule has 8 heteroatoms. The van der Waals surface area contributed by atoms with Gasteiger partial charge in [-0.1, -0.05) is 17.3 Å². The van der Waals surface area contributed by atoms with E-state index in [4.69, 9.17) is 15.7 Å². The zero-order valence-electron chi connectivity index (χ0n) is 11.2. The van der Waals surface area contributed by atoms with Gasteiger partial charge in [-0.05, 0) is 12.1 Å². The fourth-order valence-corrected chi connectivity index (χ4v) is 2.06. The summed E-state index contributed by atoms with van der Waals surface area (Å²) >= 11 is 0. The maximum Gasteiger partial charge on any atom is 0.260 e. The Morgan fingerprint density at radius 3 is 2.57 bits per heavy atom. The monoisotopic (exact) mass is 295 g/mol. The van der Waals surface area contributed by atoms with Crippen LogP contribution in [0, 0.1) is 0 Å². The van der Waals surface area contributed by atoms with E-state index >= 15 is 0 Å². The number of aliphatic hydroxyl groups is 2. The molecule has 0 saturated carbocycles. The van der Waals surface area contributed by atoms with Crippen LogP contribution in [0.5, 0.6) is 5.75 Å². The van der Waals surface area contributed by atoms with Crippen LogP contribution in [-0.2, 0) is 4.79 Å². The molecule has 0 spiro atoms. The molecule has 0 aromatic heterocycles. The van der Waals surface area contributed by atoms with Gasteiger partial charge in [-0.25, -0.2) is 0 Å². The summed E-state index contributed by atoms with van der Waals surface area (Å²) in [5.74, 6) is -0.175. The zero-order valence-corrected chi connectivity index (χ0v) is 11.2. The predicted molar refractivity (Wildman–Crippen MR) is 73.0 cm³/mol. The average Bonchev–Trinajstić information content (AvgIpc) is 2.84. The number of nitrogens with two attached hydrogens (primary N) is 1. The number of amides is 1. The number of ether oxygens (including phenoxy) is 1. The first-order valence-corrected chi connectivity index (χ1v) is 6.36. The molecule has 1 aliphatic heterocycles. The lowest BCUT2D eigenvalue weighted by atomic mass is 10.2. The molecule has 1 heterocycles. The van der Waals surface area contributed by atoms with Crippen molar-refractivity contribution in [3.05, 3.63) is 29.8 Å². The number of hydrogen-bond donors (Lipinski definition) is 4. The molecule has 1 fully saturated rings. The molecule has 2 unspecified atom stereocenters. The first-order chi connectivity index (χ1) is 10.0. The molecule has 1 saturated heterocycles. The van der Waals surface area contributed by atoms with E-state index in [0.29, 0.717) is 11.3 Å². The van der Waals surface area contributed by atoms with Gasteiger partial charge in [-0.15, -0.1) is 0 Å². The number of likely N-dealkylation sites (tertiary alicyclic amines) is 1. The van der Waals surface area contributed by atoms with Crippen LogP contribution in [0.1, 0.15) is 5.56 Å². The van der Waals surface area contributed by atoms with Gasteiger partial charge in [-0.2, -0.15) is 0 Å². The van der Waals surface area contributed by atoms with Crippen LogP contribution in [0.15, 0.2) is 29.4 Å². The van der Waals surface area contributed by atoms with Crippen molar-refractivity contribution in [1.29, 1.82) is 0 Å². The number of rotatable bonds is 4. The van der Waals surface area contributed by atoms with E-state index in [1.165, 1.54) is 4.90 Å². The molecule has 1 aromatic rings. The largest absolute Gasteiger partial charge is 0.483 e. The van der Waals surface area contributed by atoms with E-state index < -0.39 is 12.2 Å². The summed E-state index contributed by atoms with van der Waals surface area (Å²) in [7, 11) is 0. The minimum absolute atomic E-state index is 0.0746. The predicted octanol–water partition coefficient (Wildman–Crippen LogP) is -1.28. The van der Waals surface area contributed by atoms with Crippen molar-refractivity contribution in [1.82, 2.24) is 4.90 Å². The van der Waals surface area contributed by atoms with Gasteiger partial charge in [0.15, 0.2) is 12.4 Å². The Kier molecular flexibility index (Phi) is 4.61. The van der Waals surface area contributed by atoms with Gasteiger partial charge in [0.1, 0.15) is 5.75 Å². The summed E-state index contributed by atoms with van der Waals surface area (Å²) in [4.78, 5) is 13.2. The Labute approximate surface area is 121 Å². The molecule has 114 valence electrons. The molecule has 1 aromatic carbocycles. The number of hydrogen-bond acceptors (Lipinski definition) is 6. The summed E-state index contributed by atoms with van der Waals surface area (Å²) in [5, 5.41) is 30.4. The topological polar surface area (TPSA) is 129 Å². The fraction of sp³-hybridized carbons (Fsp3) is 0.385. The molecule has 0 bridgehead atoms. The van der Waals surface area contributed by atoms with Gasteiger partial charge in [-0.3, -0.25) is 4.79 Å². The van der Waals surface area contributed by atoms with Gasteiger partial charge in [0.05, 0.1) is 17.8 Å². The standard InChI is InChI=1S/C13H17N3O5/c14-13(15-20)8-3-1-2-4-11(8)21-7-12(19)16-5-9(17)10(18)6-16/h1-4,9-10,17-18,20H,5-7H2,(H2,14,15). The van der Waals surface area contributed by atoms with Gasteiger partial charge in [0.2, 0.25) is 0 Å². The van der Waals surface area contributed by atoms with E-state index in [1.807, 2.05) is 0 Å². The molecule has 0 aliphatic carbocycles. The van der Waals surface area contributed by atoms with E-state index in [-0.39, 0.29) is 31.4 Å². The second-order valence-electron chi connectivity index (χ2n) is 4.70. The Hall–Kier alpha value is -2.32. The second-order valence-corrected chi connectivity index (χ2v) is 4.70. The maximum atomic E-state index is 11.9. The number of amidine groups is 1. The molecular weight excluding hydrogens is 278 g/mol. The summed E-state index contributed by atoms with van der Waals surface area (Å²) in [6.45, 7) is -0.119. The van der Waals surface area contributed by atoms with Gasteiger partial charge < -0.3 is 30.8 Å². The lowest BCUT2D eigenvalue weighted by Gasteiger charge is -2.16. The number of β-amino-alcohol motifs (C(OH)–C–C–N with tert-alkyl or cyclic N) is 2. The van der Waals surface area contributed by atoms with Crippen LogP contribution in [0.2, 0.25) is 0 Å². The highest BCUT2D eigenvalue weighted by Crippen LogP contribution is 2.18. The number of nitrogens with zero attached hydrogens (tertiary/aromatic N) is 2. The van der Waals surface area contributed by atoms with Crippen molar-refractivity contribution < 1.29 is 25.0 Å². The molecule has 0 radical (unpaired) electrons.